The van der Waals surface area contributed by atoms with E-state index in [1.54, 1.807) is 6.92 Å². The molecule has 2 unspecified atom stereocenters. The minimum Gasteiger partial charge on any atom is -0.367 e. The van der Waals surface area contributed by atoms with Crippen LogP contribution in [-0.4, -0.2) is 40.8 Å². The highest BCUT2D eigenvalue weighted by molar-refractivity contribution is 5.03. The number of nitriles is 1. The van der Waals surface area contributed by atoms with Crippen LogP contribution in [0.15, 0.2) is 0 Å². The smallest absolute Gasteiger partial charge is 0.102 e. The molecule has 4 heteroatoms. The van der Waals surface area contributed by atoms with Crippen LogP contribution in [0.1, 0.15) is 48.0 Å². The highest BCUT2D eigenvalue weighted by atomic mass is 16.5. The predicted molar refractivity (Wildman–Crippen MR) is 73.1 cm³/mol. The second-order valence-corrected chi connectivity index (χ2v) is 7.11. The van der Waals surface area contributed by atoms with Gasteiger partial charge in [0, 0.05) is 19.1 Å². The number of morpholine rings is 1. The van der Waals surface area contributed by atoms with Crippen molar-refractivity contribution in [3.8, 4) is 6.07 Å². The molecular weight excluding hydrogens is 226 g/mol. The number of hydrogen-bond donors (Lipinski definition) is 1. The van der Waals surface area contributed by atoms with Gasteiger partial charge in [-0.3, -0.25) is 4.90 Å². The summed E-state index contributed by atoms with van der Waals surface area (Å²) < 4.78 is 6.06. The average molecular weight is 253 g/mol. The van der Waals surface area contributed by atoms with Crippen molar-refractivity contribution < 1.29 is 4.74 Å². The Kier molecular flexibility index (Phi) is 4.12. The minimum atomic E-state index is -0.758. The van der Waals surface area contributed by atoms with Crippen LogP contribution in [0, 0.1) is 11.3 Å². The number of nitrogens with zero attached hydrogens (tertiary/aromatic N) is 2. The molecule has 0 amide bonds. The maximum atomic E-state index is 9.03. The number of nitrogens with two attached hydrogens (primary N) is 1. The third-order valence-corrected chi connectivity index (χ3v) is 3.32. The SMILES string of the molecule is CC(CC(C)(N)C#N)N1CC(C)(C)OC(C)(C)C1. The van der Waals surface area contributed by atoms with E-state index in [0.29, 0.717) is 6.42 Å². The number of ether oxygens (including phenoxy) is 1. The van der Waals surface area contributed by atoms with Crippen molar-refractivity contribution in [2.75, 3.05) is 13.1 Å². The molecule has 2 atom stereocenters. The molecule has 1 heterocycles. The summed E-state index contributed by atoms with van der Waals surface area (Å²) >= 11 is 0. The van der Waals surface area contributed by atoms with Crippen LogP contribution in [0.5, 0.6) is 0 Å². The Morgan fingerprint density at radius 3 is 2.17 bits per heavy atom. The van der Waals surface area contributed by atoms with Gasteiger partial charge < -0.3 is 10.5 Å². The highest BCUT2D eigenvalue weighted by Crippen LogP contribution is 2.30. The number of hydrogen-bond acceptors (Lipinski definition) is 4. The Morgan fingerprint density at radius 1 is 1.33 bits per heavy atom. The topological polar surface area (TPSA) is 62.3 Å². The Morgan fingerprint density at radius 2 is 1.78 bits per heavy atom. The summed E-state index contributed by atoms with van der Waals surface area (Å²) in [7, 11) is 0. The van der Waals surface area contributed by atoms with E-state index < -0.39 is 5.54 Å². The standard InChI is InChI=1S/C14H27N3O/c1-11(7-14(6,16)8-15)17-9-12(2,3)18-13(4,5)10-17/h11H,7,9-10,16H2,1-6H3. The highest BCUT2D eigenvalue weighted by Gasteiger charge is 2.40. The van der Waals surface area contributed by atoms with E-state index in [1.165, 1.54) is 0 Å². The maximum absolute atomic E-state index is 9.03. The first-order chi connectivity index (χ1) is 7.96. The molecule has 2 N–H and O–H groups in total. The van der Waals surface area contributed by atoms with Gasteiger partial charge in [-0.05, 0) is 48.0 Å². The van der Waals surface area contributed by atoms with E-state index in [0.717, 1.165) is 13.1 Å². The van der Waals surface area contributed by atoms with E-state index in [-0.39, 0.29) is 17.2 Å². The molecule has 1 fully saturated rings. The van der Waals surface area contributed by atoms with E-state index >= 15 is 0 Å². The lowest BCUT2D eigenvalue weighted by Crippen LogP contribution is -2.60. The fourth-order valence-electron chi connectivity index (χ4n) is 2.95. The van der Waals surface area contributed by atoms with E-state index in [9.17, 15) is 0 Å². The van der Waals surface area contributed by atoms with Crippen LogP contribution in [0.4, 0.5) is 0 Å². The van der Waals surface area contributed by atoms with Gasteiger partial charge >= 0.3 is 0 Å². The van der Waals surface area contributed by atoms with Crippen molar-refractivity contribution in [3.05, 3.63) is 0 Å². The summed E-state index contributed by atoms with van der Waals surface area (Å²) in [5.74, 6) is 0. The molecule has 4 nitrogen and oxygen atoms in total. The zero-order valence-corrected chi connectivity index (χ0v) is 12.6. The lowest BCUT2D eigenvalue weighted by atomic mass is 9.92. The molecule has 0 aromatic heterocycles. The first-order valence-electron chi connectivity index (χ1n) is 6.61. The lowest BCUT2D eigenvalue weighted by molar-refractivity contribution is -0.187. The fraction of sp³-hybridized carbons (Fsp3) is 0.929. The zero-order valence-electron chi connectivity index (χ0n) is 12.6. The van der Waals surface area contributed by atoms with Gasteiger partial charge in [-0.1, -0.05) is 0 Å². The normalized spacial score (nSPS) is 28.1. The molecule has 1 rings (SSSR count). The lowest BCUT2D eigenvalue weighted by Gasteiger charge is -2.49. The van der Waals surface area contributed by atoms with Crippen LogP contribution in [0.3, 0.4) is 0 Å². The van der Waals surface area contributed by atoms with Crippen LogP contribution >= 0.6 is 0 Å². The number of rotatable bonds is 3. The van der Waals surface area contributed by atoms with E-state index in [1.807, 2.05) is 0 Å². The van der Waals surface area contributed by atoms with Gasteiger partial charge in [-0.2, -0.15) is 5.26 Å². The van der Waals surface area contributed by atoms with Crippen LogP contribution in [-0.2, 0) is 4.74 Å². The van der Waals surface area contributed by atoms with Gasteiger partial charge in [-0.15, -0.1) is 0 Å². The average Bonchev–Trinajstić information content (AvgIpc) is 2.12. The summed E-state index contributed by atoms with van der Waals surface area (Å²) in [6, 6.07) is 2.45. The second-order valence-electron chi connectivity index (χ2n) is 7.11. The zero-order chi connectivity index (χ0) is 14.2. The third-order valence-electron chi connectivity index (χ3n) is 3.32. The van der Waals surface area contributed by atoms with Gasteiger partial charge in [-0.25, -0.2) is 0 Å². The largest absolute Gasteiger partial charge is 0.367 e. The third kappa shape index (κ3) is 4.24. The molecule has 0 saturated carbocycles. The molecule has 1 saturated heterocycles. The van der Waals surface area contributed by atoms with Gasteiger partial charge in [0.2, 0.25) is 0 Å². The van der Waals surface area contributed by atoms with Crippen molar-refractivity contribution in [1.29, 1.82) is 5.26 Å². The summed E-state index contributed by atoms with van der Waals surface area (Å²) in [5.41, 5.74) is 4.86. The van der Waals surface area contributed by atoms with Crippen LogP contribution in [0.25, 0.3) is 0 Å². The first-order valence-corrected chi connectivity index (χ1v) is 6.61. The molecule has 0 bridgehead atoms. The molecule has 18 heavy (non-hydrogen) atoms. The van der Waals surface area contributed by atoms with Crippen molar-refractivity contribution in [3.63, 3.8) is 0 Å². The molecule has 1 aliphatic heterocycles. The molecule has 104 valence electrons. The summed E-state index contributed by atoms with van der Waals surface area (Å²) in [6.45, 7) is 14.1. The van der Waals surface area contributed by atoms with Crippen molar-refractivity contribution in [2.24, 2.45) is 5.73 Å². The van der Waals surface area contributed by atoms with Crippen LogP contribution < -0.4 is 5.73 Å². The quantitative estimate of drug-likeness (QED) is 0.834. The van der Waals surface area contributed by atoms with Gasteiger partial charge in [0.15, 0.2) is 0 Å². The fourth-order valence-corrected chi connectivity index (χ4v) is 2.95. The Hall–Kier alpha value is -0.630. The summed E-state index contributed by atoms with van der Waals surface area (Å²) in [6.07, 6.45) is 0.676. The minimum absolute atomic E-state index is 0.159. The molecule has 0 aliphatic carbocycles. The monoisotopic (exact) mass is 253 g/mol. The molecule has 0 radical (unpaired) electrons. The van der Waals surface area contributed by atoms with Crippen molar-refractivity contribution in [1.82, 2.24) is 4.90 Å². The second kappa shape index (κ2) is 4.80. The van der Waals surface area contributed by atoms with E-state index in [2.05, 4.69) is 45.6 Å². The Labute approximate surface area is 111 Å². The summed E-state index contributed by atoms with van der Waals surface area (Å²) in [5, 5.41) is 9.03. The van der Waals surface area contributed by atoms with Crippen LogP contribution in [0.2, 0.25) is 0 Å². The van der Waals surface area contributed by atoms with Gasteiger partial charge in [0.05, 0.1) is 17.3 Å². The molecular formula is C14H27N3O. The first kappa shape index (κ1) is 15.4. The van der Waals surface area contributed by atoms with E-state index in [4.69, 9.17) is 15.7 Å². The molecule has 0 aromatic carbocycles. The Bertz CT molecular complexity index is 325. The Balaban J connectivity index is 2.75. The van der Waals surface area contributed by atoms with Gasteiger partial charge in [0.1, 0.15) is 5.54 Å². The van der Waals surface area contributed by atoms with Crippen molar-refractivity contribution >= 4 is 0 Å². The summed E-state index contributed by atoms with van der Waals surface area (Å²) in [4.78, 5) is 2.38. The predicted octanol–water partition coefficient (Wildman–Crippen LogP) is 1.90. The van der Waals surface area contributed by atoms with Crippen molar-refractivity contribution in [2.45, 2.75) is 70.7 Å². The molecule has 0 aromatic rings. The van der Waals surface area contributed by atoms with Gasteiger partial charge in [0.25, 0.3) is 0 Å². The molecule has 1 aliphatic rings. The molecule has 0 spiro atoms. The maximum Gasteiger partial charge on any atom is 0.102 e.